The first-order valence-corrected chi connectivity index (χ1v) is 9.20. The summed E-state index contributed by atoms with van der Waals surface area (Å²) in [5, 5.41) is 20.5. The third kappa shape index (κ3) is 5.91. The Hall–Kier alpha value is -1.21. The minimum atomic E-state index is -0.616. The van der Waals surface area contributed by atoms with Crippen LogP contribution < -0.4 is 4.74 Å². The second-order valence-electron chi connectivity index (χ2n) is 8.33. The number of piperidine rings is 1. The van der Waals surface area contributed by atoms with Crippen molar-refractivity contribution in [2.45, 2.75) is 63.8 Å². The van der Waals surface area contributed by atoms with Crippen LogP contribution >= 0.6 is 0 Å². The predicted molar refractivity (Wildman–Crippen MR) is 98.8 cm³/mol. The lowest BCUT2D eigenvalue weighted by molar-refractivity contribution is -0.105. The number of hydrogen-bond donors (Lipinski definition) is 2. The Balaban J connectivity index is 1.72. The van der Waals surface area contributed by atoms with E-state index in [9.17, 15) is 14.6 Å². The van der Waals surface area contributed by atoms with Gasteiger partial charge in [-0.1, -0.05) is 0 Å². The van der Waals surface area contributed by atoms with Gasteiger partial charge in [0, 0.05) is 17.6 Å². The van der Waals surface area contributed by atoms with Gasteiger partial charge in [-0.3, -0.25) is 4.90 Å². The molecule has 1 heterocycles. The van der Waals surface area contributed by atoms with Crippen LogP contribution in [-0.4, -0.2) is 64.8 Å². The van der Waals surface area contributed by atoms with Crippen molar-refractivity contribution in [3.8, 4) is 5.75 Å². The molecule has 0 aliphatic carbocycles. The van der Waals surface area contributed by atoms with Crippen LogP contribution in [0.15, 0.2) is 24.3 Å². The number of benzene rings is 1. The van der Waals surface area contributed by atoms with Crippen LogP contribution in [0.25, 0.3) is 0 Å². The van der Waals surface area contributed by atoms with Crippen molar-refractivity contribution in [3.05, 3.63) is 30.1 Å². The molecule has 0 aromatic heterocycles. The SMILES string of the molecule is CC1(C)CC(O)CC(C)(C)N1C[C@@H](O)COCCOc1ccc(F)cc1. The molecule has 1 aromatic rings. The fourth-order valence-corrected chi connectivity index (χ4v) is 3.99. The molecule has 1 aliphatic rings. The van der Waals surface area contributed by atoms with Crippen LogP contribution in [0.3, 0.4) is 0 Å². The van der Waals surface area contributed by atoms with Gasteiger partial charge in [0.15, 0.2) is 0 Å². The third-order valence-electron chi connectivity index (χ3n) is 4.95. The fraction of sp³-hybridized carbons (Fsp3) is 0.700. The van der Waals surface area contributed by atoms with E-state index in [0.717, 1.165) is 0 Å². The minimum Gasteiger partial charge on any atom is -0.491 e. The van der Waals surface area contributed by atoms with E-state index in [1.807, 2.05) is 0 Å². The van der Waals surface area contributed by atoms with Gasteiger partial charge in [0.25, 0.3) is 0 Å². The zero-order chi connectivity index (χ0) is 19.4. The number of rotatable bonds is 8. The van der Waals surface area contributed by atoms with Gasteiger partial charge >= 0.3 is 0 Å². The third-order valence-corrected chi connectivity index (χ3v) is 4.95. The van der Waals surface area contributed by atoms with Gasteiger partial charge in [-0.25, -0.2) is 4.39 Å². The lowest BCUT2D eigenvalue weighted by Crippen LogP contribution is -2.63. The molecule has 2 rings (SSSR count). The number of likely N-dealkylation sites (tertiary alicyclic amines) is 1. The Kier molecular flexibility index (Phi) is 7.02. The van der Waals surface area contributed by atoms with Gasteiger partial charge in [-0.05, 0) is 64.8 Å². The van der Waals surface area contributed by atoms with E-state index >= 15 is 0 Å². The first kappa shape index (κ1) is 21.1. The molecule has 0 amide bonds. The lowest BCUT2D eigenvalue weighted by Gasteiger charge is -2.55. The summed E-state index contributed by atoms with van der Waals surface area (Å²) in [6, 6.07) is 5.83. The van der Waals surface area contributed by atoms with E-state index in [2.05, 4.69) is 32.6 Å². The summed E-state index contributed by atoms with van der Waals surface area (Å²) in [6.07, 6.45) is 0.452. The monoisotopic (exact) mass is 369 g/mol. The van der Waals surface area contributed by atoms with Crippen LogP contribution in [-0.2, 0) is 4.74 Å². The molecule has 0 spiro atoms. The van der Waals surface area contributed by atoms with Crippen molar-refractivity contribution in [1.82, 2.24) is 4.90 Å². The topological polar surface area (TPSA) is 62.2 Å². The second-order valence-corrected chi connectivity index (χ2v) is 8.33. The van der Waals surface area contributed by atoms with Crippen LogP contribution in [0.1, 0.15) is 40.5 Å². The molecule has 2 N–H and O–H groups in total. The highest BCUT2D eigenvalue weighted by Gasteiger charge is 2.45. The molecule has 0 saturated carbocycles. The summed E-state index contributed by atoms with van der Waals surface area (Å²) in [7, 11) is 0. The number of aliphatic hydroxyl groups excluding tert-OH is 2. The Morgan fingerprint density at radius 1 is 1.12 bits per heavy atom. The van der Waals surface area contributed by atoms with Crippen molar-refractivity contribution in [1.29, 1.82) is 0 Å². The molecule has 1 aromatic carbocycles. The summed E-state index contributed by atoms with van der Waals surface area (Å²) in [5.74, 6) is 0.290. The minimum absolute atomic E-state index is 0.187. The Bertz CT molecular complexity index is 543. The largest absolute Gasteiger partial charge is 0.491 e. The number of nitrogens with zero attached hydrogens (tertiary/aromatic N) is 1. The van der Waals surface area contributed by atoms with Gasteiger partial charge < -0.3 is 19.7 Å². The van der Waals surface area contributed by atoms with E-state index in [1.54, 1.807) is 12.1 Å². The summed E-state index contributed by atoms with van der Waals surface area (Å²) in [6.45, 7) is 9.79. The molecular weight excluding hydrogens is 337 g/mol. The molecule has 5 nitrogen and oxygen atoms in total. The first-order valence-electron chi connectivity index (χ1n) is 9.20. The number of β-amino-alcohol motifs (C(OH)–C–C–N with tert-alkyl or cyclic N) is 1. The zero-order valence-corrected chi connectivity index (χ0v) is 16.2. The number of ether oxygens (including phenoxy) is 2. The highest BCUT2D eigenvalue weighted by atomic mass is 19.1. The van der Waals surface area contributed by atoms with Crippen molar-refractivity contribution < 1.29 is 24.1 Å². The lowest BCUT2D eigenvalue weighted by atomic mass is 9.78. The Morgan fingerprint density at radius 3 is 2.27 bits per heavy atom. The number of halogens is 1. The highest BCUT2D eigenvalue weighted by molar-refractivity contribution is 5.21. The van der Waals surface area contributed by atoms with Crippen LogP contribution in [0, 0.1) is 5.82 Å². The molecule has 26 heavy (non-hydrogen) atoms. The molecule has 0 radical (unpaired) electrons. The van der Waals surface area contributed by atoms with E-state index in [1.165, 1.54) is 12.1 Å². The second kappa shape index (κ2) is 8.65. The summed E-state index contributed by atoms with van der Waals surface area (Å²) in [5.41, 5.74) is -0.373. The van der Waals surface area contributed by atoms with E-state index in [4.69, 9.17) is 9.47 Å². The van der Waals surface area contributed by atoms with Gasteiger partial charge in [0.05, 0.1) is 25.4 Å². The predicted octanol–water partition coefficient (Wildman–Crippen LogP) is 2.60. The highest BCUT2D eigenvalue weighted by Crippen LogP contribution is 2.38. The van der Waals surface area contributed by atoms with Crippen molar-refractivity contribution >= 4 is 0 Å². The normalized spacial score (nSPS) is 21.5. The summed E-state index contributed by atoms with van der Waals surface area (Å²) in [4.78, 5) is 2.26. The smallest absolute Gasteiger partial charge is 0.123 e. The average molecular weight is 369 g/mol. The molecule has 0 unspecified atom stereocenters. The molecule has 1 atom stereocenters. The number of hydrogen-bond acceptors (Lipinski definition) is 5. The van der Waals surface area contributed by atoms with Gasteiger partial charge in [-0.2, -0.15) is 0 Å². The maximum absolute atomic E-state index is 12.8. The Morgan fingerprint density at radius 2 is 1.69 bits per heavy atom. The van der Waals surface area contributed by atoms with Gasteiger partial charge in [0.2, 0.25) is 0 Å². The molecule has 0 bridgehead atoms. The maximum Gasteiger partial charge on any atom is 0.123 e. The van der Waals surface area contributed by atoms with E-state index in [0.29, 0.717) is 38.3 Å². The first-order chi connectivity index (χ1) is 12.1. The number of aliphatic hydroxyl groups is 2. The van der Waals surface area contributed by atoms with Crippen LogP contribution in [0.4, 0.5) is 4.39 Å². The van der Waals surface area contributed by atoms with Crippen LogP contribution in [0.2, 0.25) is 0 Å². The molecular formula is C20H32FNO4. The van der Waals surface area contributed by atoms with E-state index < -0.39 is 6.10 Å². The maximum atomic E-state index is 12.8. The van der Waals surface area contributed by atoms with Crippen molar-refractivity contribution in [2.75, 3.05) is 26.4 Å². The average Bonchev–Trinajstić information content (AvgIpc) is 2.51. The molecule has 1 saturated heterocycles. The van der Waals surface area contributed by atoms with Gasteiger partial charge in [0.1, 0.15) is 18.2 Å². The standard InChI is InChI=1S/C20H32FNO4/c1-19(2)11-16(23)12-20(3,4)22(19)13-17(24)14-25-9-10-26-18-7-5-15(21)6-8-18/h5-8,16-17,23-24H,9-14H2,1-4H3/t17-/m1/s1. The van der Waals surface area contributed by atoms with Crippen molar-refractivity contribution in [3.63, 3.8) is 0 Å². The molecule has 148 valence electrons. The fourth-order valence-electron chi connectivity index (χ4n) is 3.99. The van der Waals surface area contributed by atoms with Gasteiger partial charge in [-0.15, -0.1) is 0 Å². The molecule has 1 aliphatic heterocycles. The summed E-state index contributed by atoms with van der Waals surface area (Å²) < 4.78 is 23.8. The zero-order valence-electron chi connectivity index (χ0n) is 16.2. The molecule has 6 heteroatoms. The van der Waals surface area contributed by atoms with E-state index in [-0.39, 0.29) is 29.6 Å². The molecule has 1 fully saturated rings. The summed E-state index contributed by atoms with van der Waals surface area (Å²) >= 11 is 0. The Labute approximate surface area is 155 Å². The quantitative estimate of drug-likeness (QED) is 0.690. The van der Waals surface area contributed by atoms with Crippen molar-refractivity contribution in [2.24, 2.45) is 0 Å². The van der Waals surface area contributed by atoms with Crippen LogP contribution in [0.5, 0.6) is 5.75 Å².